The van der Waals surface area contributed by atoms with Crippen molar-refractivity contribution in [3.8, 4) is 0 Å². The molecule has 0 unspecified atom stereocenters. The zero-order chi connectivity index (χ0) is 9.99. The van der Waals surface area contributed by atoms with E-state index in [0.717, 1.165) is 0 Å². The summed E-state index contributed by atoms with van der Waals surface area (Å²) in [5.74, 6) is 0. The van der Waals surface area contributed by atoms with Crippen molar-refractivity contribution < 1.29 is 8.23 Å². The van der Waals surface area contributed by atoms with E-state index in [0.29, 0.717) is 0 Å². The molecule has 0 aromatic carbocycles. The number of hydrogen-bond donors (Lipinski definition) is 0. The molecule has 0 aliphatic carbocycles. The highest BCUT2D eigenvalue weighted by Gasteiger charge is 2.31. The molecule has 0 aliphatic rings. The fourth-order valence-electron chi connectivity index (χ4n) is 1.33. The minimum atomic E-state index is -1.78. The molecule has 0 bridgehead atoms. The van der Waals surface area contributed by atoms with Crippen LogP contribution in [0.2, 0.25) is 45.8 Å². The van der Waals surface area contributed by atoms with Crippen LogP contribution in [0.15, 0.2) is 0 Å². The minimum Gasteiger partial charge on any atom is -0.440 e. The lowest BCUT2D eigenvalue weighted by Gasteiger charge is -2.32. The molecule has 0 fully saturated rings. The molecule has 0 aromatic heterocycles. The van der Waals surface area contributed by atoms with E-state index in [-0.39, 0.29) is 0 Å². The van der Waals surface area contributed by atoms with Crippen LogP contribution in [-0.4, -0.2) is 25.9 Å². The van der Waals surface area contributed by atoms with Crippen LogP contribution in [0.1, 0.15) is 0 Å². The topological polar surface area (TPSA) is 18.5 Å². The molecule has 0 aromatic rings. The molecule has 2 nitrogen and oxygen atoms in total. The van der Waals surface area contributed by atoms with Crippen LogP contribution in [0.5, 0.6) is 0 Å². The molecule has 0 rings (SSSR count). The molecular formula is C7H22O2Si3. The van der Waals surface area contributed by atoms with Crippen LogP contribution in [0, 0.1) is 0 Å². The van der Waals surface area contributed by atoms with Gasteiger partial charge in [0, 0.05) is 0 Å². The first-order chi connectivity index (χ1) is 5.12. The Morgan fingerprint density at radius 1 is 0.917 bits per heavy atom. The highest BCUT2D eigenvalue weighted by molar-refractivity contribution is 6.83. The summed E-state index contributed by atoms with van der Waals surface area (Å²) in [6.07, 6.45) is 0. The summed E-state index contributed by atoms with van der Waals surface area (Å²) in [4.78, 5) is 0. The van der Waals surface area contributed by atoms with Gasteiger partial charge in [-0.2, -0.15) is 0 Å². The van der Waals surface area contributed by atoms with E-state index < -0.39 is 25.9 Å². The average Bonchev–Trinajstić information content (AvgIpc) is 1.48. The first-order valence-electron chi connectivity index (χ1n) is 4.50. The van der Waals surface area contributed by atoms with Crippen molar-refractivity contribution in [2.24, 2.45) is 0 Å². The third-order valence-electron chi connectivity index (χ3n) is 1.07. The highest BCUT2D eigenvalue weighted by atomic mass is 28.5. The van der Waals surface area contributed by atoms with Gasteiger partial charge in [0.05, 0.1) is 0 Å². The molecule has 12 heavy (non-hydrogen) atoms. The average molecular weight is 223 g/mol. The Hall–Kier alpha value is 0.571. The fraction of sp³-hybridized carbons (Fsp3) is 1.00. The van der Waals surface area contributed by atoms with Gasteiger partial charge in [0.15, 0.2) is 17.4 Å². The third kappa shape index (κ3) is 7.23. The summed E-state index contributed by atoms with van der Waals surface area (Å²) in [6, 6.07) is 0. The Kier molecular flexibility index (Phi) is 4.39. The van der Waals surface area contributed by atoms with E-state index in [2.05, 4.69) is 45.8 Å². The van der Waals surface area contributed by atoms with Crippen LogP contribution in [0.3, 0.4) is 0 Å². The standard InChI is InChI=1S/C7H22O2Si3/c1-10(2)8-12(6,7)9-11(3,4)5/h10H,1-7H3. The lowest BCUT2D eigenvalue weighted by Crippen LogP contribution is -2.46. The van der Waals surface area contributed by atoms with Gasteiger partial charge in [-0.15, -0.1) is 0 Å². The minimum absolute atomic E-state index is 0.926. The Morgan fingerprint density at radius 3 is 1.58 bits per heavy atom. The molecule has 0 spiro atoms. The van der Waals surface area contributed by atoms with Crippen molar-refractivity contribution in [1.82, 2.24) is 0 Å². The summed E-state index contributed by atoms with van der Waals surface area (Å²) in [5.41, 5.74) is 0. The molecule has 0 saturated carbocycles. The normalized spacial score (nSPS) is 14.0. The van der Waals surface area contributed by atoms with E-state index in [9.17, 15) is 0 Å². The molecule has 0 radical (unpaired) electrons. The van der Waals surface area contributed by atoms with Crippen molar-refractivity contribution in [3.05, 3.63) is 0 Å². The first kappa shape index (κ1) is 12.6. The summed E-state index contributed by atoms with van der Waals surface area (Å²) in [6.45, 7) is 15.3. The first-order valence-corrected chi connectivity index (χ1v) is 13.5. The second-order valence-electron chi connectivity index (χ2n) is 4.78. The quantitative estimate of drug-likeness (QED) is 0.681. The van der Waals surface area contributed by atoms with Gasteiger partial charge in [-0.25, -0.2) is 0 Å². The van der Waals surface area contributed by atoms with Gasteiger partial charge in [0.2, 0.25) is 0 Å². The van der Waals surface area contributed by atoms with E-state index >= 15 is 0 Å². The zero-order valence-corrected chi connectivity index (χ0v) is 12.5. The van der Waals surface area contributed by atoms with E-state index in [1.54, 1.807) is 0 Å². The highest BCUT2D eigenvalue weighted by Crippen LogP contribution is 2.15. The Labute approximate surface area is 80.4 Å². The van der Waals surface area contributed by atoms with Crippen LogP contribution in [0.4, 0.5) is 0 Å². The lowest BCUT2D eigenvalue weighted by atomic mass is 11.8. The molecule has 0 N–H and O–H groups in total. The van der Waals surface area contributed by atoms with Gasteiger partial charge < -0.3 is 8.23 Å². The molecule has 0 heterocycles. The smallest absolute Gasteiger partial charge is 0.310 e. The maximum atomic E-state index is 6.03. The Bertz CT molecular complexity index is 140. The van der Waals surface area contributed by atoms with Gasteiger partial charge >= 0.3 is 8.56 Å². The number of hydrogen-bond acceptors (Lipinski definition) is 2. The van der Waals surface area contributed by atoms with Gasteiger partial charge in [-0.05, 0) is 45.8 Å². The molecular weight excluding hydrogens is 200 g/mol. The SMILES string of the molecule is C[SiH](C)O[Si](C)(C)O[Si](C)(C)C. The summed E-state index contributed by atoms with van der Waals surface area (Å²) in [5, 5.41) is 0. The van der Waals surface area contributed by atoms with Crippen LogP contribution >= 0.6 is 0 Å². The fourth-order valence-corrected chi connectivity index (χ4v) is 12.4. The molecule has 0 aliphatic heterocycles. The van der Waals surface area contributed by atoms with Crippen LogP contribution in [0.25, 0.3) is 0 Å². The third-order valence-corrected chi connectivity index (χ3v) is 9.64. The Morgan fingerprint density at radius 2 is 1.33 bits per heavy atom. The molecule has 74 valence electrons. The van der Waals surface area contributed by atoms with E-state index in [4.69, 9.17) is 8.23 Å². The van der Waals surface area contributed by atoms with Crippen LogP contribution < -0.4 is 0 Å². The maximum Gasteiger partial charge on any atom is 0.310 e. The summed E-state index contributed by atoms with van der Waals surface area (Å²) >= 11 is 0. The van der Waals surface area contributed by atoms with Gasteiger partial charge in [-0.3, -0.25) is 0 Å². The van der Waals surface area contributed by atoms with Gasteiger partial charge in [0.1, 0.15) is 0 Å². The second kappa shape index (κ2) is 4.19. The predicted octanol–water partition coefficient (Wildman–Crippen LogP) is 2.54. The number of rotatable bonds is 4. The van der Waals surface area contributed by atoms with Crippen molar-refractivity contribution >= 4 is 25.9 Å². The molecule has 0 amide bonds. The summed E-state index contributed by atoms with van der Waals surface area (Å²) in [7, 11) is -4.10. The maximum absolute atomic E-state index is 6.03. The van der Waals surface area contributed by atoms with E-state index in [1.165, 1.54) is 0 Å². The summed E-state index contributed by atoms with van der Waals surface area (Å²) < 4.78 is 11.9. The molecule has 0 atom stereocenters. The van der Waals surface area contributed by atoms with Crippen LogP contribution in [-0.2, 0) is 8.23 Å². The van der Waals surface area contributed by atoms with Gasteiger partial charge in [0.25, 0.3) is 0 Å². The second-order valence-corrected chi connectivity index (χ2v) is 15.7. The van der Waals surface area contributed by atoms with E-state index in [1.807, 2.05) is 0 Å². The monoisotopic (exact) mass is 222 g/mol. The van der Waals surface area contributed by atoms with Crippen molar-refractivity contribution in [2.75, 3.05) is 0 Å². The Balaban J connectivity index is 4.04. The van der Waals surface area contributed by atoms with Gasteiger partial charge in [-0.1, -0.05) is 0 Å². The molecule has 0 saturated heterocycles. The molecule has 5 heteroatoms. The zero-order valence-electron chi connectivity index (χ0n) is 9.39. The van der Waals surface area contributed by atoms with Crippen molar-refractivity contribution in [1.29, 1.82) is 0 Å². The largest absolute Gasteiger partial charge is 0.440 e. The predicted molar refractivity (Wildman–Crippen MR) is 61.9 cm³/mol. The lowest BCUT2D eigenvalue weighted by molar-refractivity contribution is 0.405. The van der Waals surface area contributed by atoms with Crippen molar-refractivity contribution in [2.45, 2.75) is 45.8 Å². The van der Waals surface area contributed by atoms with Crippen molar-refractivity contribution in [3.63, 3.8) is 0 Å².